The third kappa shape index (κ3) is 4.39. The van der Waals surface area contributed by atoms with E-state index in [1.54, 1.807) is 12.4 Å². The molecule has 2 fully saturated rings. The molecule has 1 aromatic heterocycles. The second-order valence-electron chi connectivity index (χ2n) is 10.3. The SMILES string of the molecule is CCOc1c(N)ncnc1[N+]1(C2(CCN3CCCC3)NC=CN2)CCC(c2ccc(F)c(C)c2)CC1. The molecule has 3 aliphatic rings. The Bertz CT molecular complexity index is 1090. The lowest BCUT2D eigenvalue weighted by atomic mass is 9.86. The number of benzene rings is 1. The lowest BCUT2D eigenvalue weighted by Gasteiger charge is -2.53. The molecule has 194 valence electrons. The van der Waals surface area contributed by atoms with Crippen LogP contribution in [0.3, 0.4) is 0 Å². The van der Waals surface area contributed by atoms with Gasteiger partial charge >= 0.3 is 0 Å². The fourth-order valence-corrected chi connectivity index (χ4v) is 6.34. The predicted molar refractivity (Wildman–Crippen MR) is 141 cm³/mol. The van der Waals surface area contributed by atoms with Crippen LogP contribution >= 0.6 is 0 Å². The minimum atomic E-state index is -0.473. The molecule has 4 heterocycles. The Labute approximate surface area is 213 Å². The number of nitrogens with one attached hydrogen (secondary N) is 2. The van der Waals surface area contributed by atoms with Crippen LogP contribution in [0.1, 0.15) is 56.1 Å². The maximum Gasteiger partial charge on any atom is 0.279 e. The first-order valence-electron chi connectivity index (χ1n) is 13.3. The first-order chi connectivity index (χ1) is 17.5. The largest absolute Gasteiger partial charge is 0.484 e. The maximum absolute atomic E-state index is 14.0. The van der Waals surface area contributed by atoms with E-state index in [0.717, 1.165) is 57.8 Å². The number of hydrogen-bond acceptors (Lipinski definition) is 7. The minimum Gasteiger partial charge on any atom is -0.484 e. The number of nitrogens with two attached hydrogens (primary N) is 1. The van der Waals surface area contributed by atoms with Crippen molar-refractivity contribution >= 4 is 11.6 Å². The summed E-state index contributed by atoms with van der Waals surface area (Å²) in [5.41, 5.74) is 8.26. The summed E-state index contributed by atoms with van der Waals surface area (Å²) in [5.74, 6) is 1.50. The van der Waals surface area contributed by atoms with E-state index in [4.69, 9.17) is 15.5 Å². The number of anilines is 1. The normalized spacial score (nSPS) is 25.5. The summed E-state index contributed by atoms with van der Waals surface area (Å²) < 4.78 is 20.6. The van der Waals surface area contributed by atoms with Gasteiger partial charge in [0.15, 0.2) is 5.82 Å². The topological polar surface area (TPSA) is 88.3 Å². The summed E-state index contributed by atoms with van der Waals surface area (Å²) in [7, 11) is 0. The molecular formula is C27H39FN7O+. The fourth-order valence-electron chi connectivity index (χ4n) is 6.34. The van der Waals surface area contributed by atoms with Crippen LogP contribution in [0.4, 0.5) is 16.0 Å². The van der Waals surface area contributed by atoms with Crippen molar-refractivity contribution in [1.82, 2.24) is 30.0 Å². The zero-order valence-electron chi connectivity index (χ0n) is 21.5. The number of nitrogen functional groups attached to an aromatic ring is 1. The lowest BCUT2D eigenvalue weighted by Crippen LogP contribution is -2.77. The molecule has 0 atom stereocenters. The average Bonchev–Trinajstić information content (AvgIpc) is 3.59. The number of quaternary nitrogens is 1. The van der Waals surface area contributed by atoms with E-state index in [1.165, 1.54) is 18.4 Å². The Morgan fingerprint density at radius 3 is 2.56 bits per heavy atom. The Hall–Kier alpha value is -2.91. The van der Waals surface area contributed by atoms with Crippen molar-refractivity contribution in [3.05, 3.63) is 53.9 Å². The number of halogens is 1. The van der Waals surface area contributed by atoms with E-state index >= 15 is 0 Å². The molecule has 0 aliphatic carbocycles. The van der Waals surface area contributed by atoms with E-state index in [2.05, 4.69) is 20.5 Å². The summed E-state index contributed by atoms with van der Waals surface area (Å²) in [6.07, 6.45) is 10.9. The molecule has 4 N–H and O–H groups in total. The van der Waals surface area contributed by atoms with E-state index in [-0.39, 0.29) is 5.82 Å². The summed E-state index contributed by atoms with van der Waals surface area (Å²) >= 11 is 0. The van der Waals surface area contributed by atoms with Crippen molar-refractivity contribution in [2.45, 2.75) is 57.7 Å². The van der Waals surface area contributed by atoms with Crippen molar-refractivity contribution < 1.29 is 9.13 Å². The zero-order chi connectivity index (χ0) is 25.2. The first-order valence-corrected chi connectivity index (χ1v) is 13.3. The summed E-state index contributed by atoms with van der Waals surface area (Å²) in [5, 5.41) is 7.42. The third-order valence-electron chi connectivity index (χ3n) is 8.33. The molecule has 9 heteroatoms. The number of nitrogens with zero attached hydrogens (tertiary/aromatic N) is 4. The van der Waals surface area contributed by atoms with Gasteiger partial charge in [-0.25, -0.2) is 13.9 Å². The Morgan fingerprint density at radius 2 is 1.89 bits per heavy atom. The number of ether oxygens (including phenoxy) is 1. The highest BCUT2D eigenvalue weighted by atomic mass is 19.1. The molecule has 0 amide bonds. The molecule has 1 aromatic carbocycles. The molecule has 0 spiro atoms. The zero-order valence-corrected chi connectivity index (χ0v) is 21.5. The second kappa shape index (κ2) is 10.2. The molecule has 2 aromatic rings. The molecular weight excluding hydrogens is 457 g/mol. The van der Waals surface area contributed by atoms with Gasteiger partial charge in [-0.15, -0.1) is 0 Å². The quantitative estimate of drug-likeness (QED) is 0.482. The highest BCUT2D eigenvalue weighted by Crippen LogP contribution is 2.46. The monoisotopic (exact) mass is 496 g/mol. The second-order valence-corrected chi connectivity index (χ2v) is 10.3. The number of likely N-dealkylation sites (tertiary alicyclic amines) is 2. The molecule has 2 saturated heterocycles. The van der Waals surface area contributed by atoms with Gasteiger partial charge in [0.2, 0.25) is 5.75 Å². The van der Waals surface area contributed by atoms with Gasteiger partial charge in [0.05, 0.1) is 26.1 Å². The van der Waals surface area contributed by atoms with Crippen molar-refractivity contribution in [3.8, 4) is 5.75 Å². The molecule has 5 rings (SSSR count). The Kier molecular flexibility index (Phi) is 7.03. The molecule has 0 saturated carbocycles. The lowest BCUT2D eigenvalue weighted by molar-refractivity contribution is 0.0197. The number of piperidine rings is 1. The van der Waals surface area contributed by atoms with Crippen LogP contribution < -0.4 is 25.6 Å². The van der Waals surface area contributed by atoms with Crippen LogP contribution in [0.5, 0.6) is 5.75 Å². The smallest absolute Gasteiger partial charge is 0.279 e. The number of hydrogen-bond donors (Lipinski definition) is 3. The van der Waals surface area contributed by atoms with Crippen LogP contribution in [0.25, 0.3) is 0 Å². The van der Waals surface area contributed by atoms with Crippen molar-refractivity contribution in [2.24, 2.45) is 0 Å². The van der Waals surface area contributed by atoms with Crippen LogP contribution in [0.15, 0.2) is 36.9 Å². The highest BCUT2D eigenvalue weighted by molar-refractivity contribution is 5.62. The van der Waals surface area contributed by atoms with Gasteiger partial charge in [-0.3, -0.25) is 0 Å². The third-order valence-corrected chi connectivity index (χ3v) is 8.33. The van der Waals surface area contributed by atoms with Crippen LogP contribution in [0, 0.1) is 12.7 Å². The molecule has 36 heavy (non-hydrogen) atoms. The summed E-state index contributed by atoms with van der Waals surface area (Å²) in [4.78, 5) is 11.6. The van der Waals surface area contributed by atoms with Gasteiger partial charge in [-0.05, 0) is 62.9 Å². The van der Waals surface area contributed by atoms with E-state index in [1.807, 2.05) is 38.4 Å². The average molecular weight is 497 g/mol. The molecule has 0 unspecified atom stereocenters. The van der Waals surface area contributed by atoms with Gasteiger partial charge in [0, 0.05) is 31.8 Å². The Morgan fingerprint density at radius 1 is 1.17 bits per heavy atom. The molecule has 0 bridgehead atoms. The molecule has 3 aliphatic heterocycles. The standard InChI is InChI=1S/C27H39FN7O/c1-3-36-24-25(29)30-19-31-26(24)35(27(32-11-12-33-27)10-15-34-13-4-5-14-34)16-8-21(9-17-35)22-6-7-23(28)20(2)18-22/h6-7,11-12,18-19,21,32-33H,3-5,8-10,13-17H2,1-2H3,(H2,29,30,31)/q+1. The van der Waals surface area contributed by atoms with Crippen molar-refractivity contribution in [1.29, 1.82) is 0 Å². The molecule has 8 nitrogen and oxygen atoms in total. The van der Waals surface area contributed by atoms with Gasteiger partial charge in [0.1, 0.15) is 12.1 Å². The number of aryl methyl sites for hydroxylation is 1. The minimum absolute atomic E-state index is 0.149. The van der Waals surface area contributed by atoms with Crippen LogP contribution in [-0.2, 0) is 0 Å². The first kappa shape index (κ1) is 24.8. The van der Waals surface area contributed by atoms with Gasteiger partial charge in [-0.1, -0.05) is 12.1 Å². The Balaban J connectivity index is 1.52. The van der Waals surface area contributed by atoms with E-state index < -0.39 is 5.79 Å². The predicted octanol–water partition coefficient (Wildman–Crippen LogP) is 3.59. The highest BCUT2D eigenvalue weighted by Gasteiger charge is 2.57. The summed E-state index contributed by atoms with van der Waals surface area (Å²) in [6, 6.07) is 5.55. The summed E-state index contributed by atoms with van der Waals surface area (Å²) in [6.45, 7) is 9.25. The van der Waals surface area contributed by atoms with Gasteiger partial charge in [-0.2, -0.15) is 4.98 Å². The van der Waals surface area contributed by atoms with Gasteiger partial charge in [0.25, 0.3) is 11.6 Å². The number of aromatic nitrogens is 2. The van der Waals surface area contributed by atoms with Crippen LogP contribution in [-0.4, -0.2) is 60.0 Å². The maximum atomic E-state index is 14.0. The van der Waals surface area contributed by atoms with Crippen molar-refractivity contribution in [3.63, 3.8) is 0 Å². The number of rotatable bonds is 8. The molecule has 0 radical (unpaired) electrons. The van der Waals surface area contributed by atoms with Crippen LogP contribution in [0.2, 0.25) is 0 Å². The van der Waals surface area contributed by atoms with Crippen molar-refractivity contribution in [2.75, 3.05) is 45.1 Å². The fraction of sp³-hybridized carbons (Fsp3) is 0.556. The van der Waals surface area contributed by atoms with E-state index in [9.17, 15) is 4.39 Å². The van der Waals surface area contributed by atoms with E-state index in [0.29, 0.717) is 34.1 Å². The van der Waals surface area contributed by atoms with Gasteiger partial charge < -0.3 is 26.0 Å².